The molecule has 0 atom stereocenters. The summed E-state index contributed by atoms with van der Waals surface area (Å²) in [6.45, 7) is 10.6. The van der Waals surface area contributed by atoms with E-state index < -0.39 is 0 Å². The molecule has 11 heavy (non-hydrogen) atoms. The molecule has 2 nitrogen and oxygen atoms in total. The van der Waals surface area contributed by atoms with Gasteiger partial charge in [0.15, 0.2) is 0 Å². The lowest BCUT2D eigenvalue weighted by atomic mass is 10.3. The van der Waals surface area contributed by atoms with Gasteiger partial charge in [0.2, 0.25) is 0 Å². The van der Waals surface area contributed by atoms with Gasteiger partial charge in [0, 0.05) is 12.0 Å². The molecule has 0 radical (unpaired) electrons. The van der Waals surface area contributed by atoms with Crippen molar-refractivity contribution in [1.82, 2.24) is 0 Å². The summed E-state index contributed by atoms with van der Waals surface area (Å²) in [4.78, 5) is 10.8. The Morgan fingerprint density at radius 3 is 2.36 bits per heavy atom. The second-order valence-corrected chi connectivity index (χ2v) is 2.46. The summed E-state index contributed by atoms with van der Waals surface area (Å²) in [6, 6.07) is 0. The predicted octanol–water partition coefficient (Wildman–Crippen LogP) is 2.42. The third-order valence-corrected chi connectivity index (χ3v) is 1.11. The molecule has 0 bridgehead atoms. The number of ether oxygens (including phenoxy) is 1. The first-order valence-corrected chi connectivity index (χ1v) is 3.63. The van der Waals surface area contributed by atoms with E-state index in [1.165, 1.54) is 0 Å². The van der Waals surface area contributed by atoms with E-state index in [4.69, 9.17) is 4.74 Å². The van der Waals surface area contributed by atoms with E-state index in [0.717, 1.165) is 12.8 Å². The van der Waals surface area contributed by atoms with Crippen LogP contribution < -0.4 is 0 Å². The summed E-state index contributed by atoms with van der Waals surface area (Å²) in [5.41, 5.74) is 0.405. The van der Waals surface area contributed by atoms with Crippen molar-refractivity contribution in [2.45, 2.75) is 26.7 Å². The minimum Gasteiger partial charge on any atom is -0.428 e. The van der Waals surface area contributed by atoms with Gasteiger partial charge in [0.05, 0.1) is 0 Å². The first-order chi connectivity index (χ1) is 5.07. The van der Waals surface area contributed by atoms with Gasteiger partial charge in [-0.2, -0.15) is 0 Å². The highest BCUT2D eigenvalue weighted by molar-refractivity contribution is 5.87. The smallest absolute Gasteiger partial charge is 0.338 e. The molecule has 62 valence electrons. The summed E-state index contributed by atoms with van der Waals surface area (Å²) in [5, 5.41) is 0. The van der Waals surface area contributed by atoms with Crippen LogP contribution in [0.4, 0.5) is 0 Å². The number of hydrogen-bond acceptors (Lipinski definition) is 2. The van der Waals surface area contributed by atoms with Crippen LogP contribution in [0.15, 0.2) is 24.5 Å². The summed E-state index contributed by atoms with van der Waals surface area (Å²) in [6.07, 6.45) is 1.65. The Hall–Kier alpha value is -1.05. The first-order valence-electron chi connectivity index (χ1n) is 3.63. The van der Waals surface area contributed by atoms with Crippen LogP contribution in [0.2, 0.25) is 0 Å². The molecule has 0 saturated carbocycles. The van der Waals surface area contributed by atoms with Crippen LogP contribution in [0.5, 0.6) is 0 Å². The van der Waals surface area contributed by atoms with E-state index in [0.29, 0.717) is 11.3 Å². The highest BCUT2D eigenvalue weighted by Crippen LogP contribution is 2.05. The molecule has 0 aliphatic carbocycles. The molecule has 0 aliphatic rings. The number of rotatable bonds is 4. The summed E-state index contributed by atoms with van der Waals surface area (Å²) in [5.74, 6) is 0.129. The second-order valence-electron chi connectivity index (χ2n) is 2.46. The van der Waals surface area contributed by atoms with Crippen molar-refractivity contribution in [2.24, 2.45) is 0 Å². The van der Waals surface area contributed by atoms with Crippen LogP contribution in [0.1, 0.15) is 26.7 Å². The van der Waals surface area contributed by atoms with Gasteiger partial charge in [-0.05, 0) is 13.3 Å². The molecule has 0 aromatic carbocycles. The Labute approximate surface area is 67.6 Å². The Morgan fingerprint density at radius 1 is 1.45 bits per heavy atom. The molecular weight excluding hydrogens is 140 g/mol. The minimum atomic E-state index is -0.386. The number of carbonyl (C=O) groups is 1. The lowest BCUT2D eigenvalue weighted by molar-refractivity contribution is -0.135. The fourth-order valence-electron chi connectivity index (χ4n) is 0.548. The number of hydrogen-bond donors (Lipinski definition) is 0. The molecule has 0 fully saturated rings. The maximum Gasteiger partial charge on any atom is 0.338 e. The Morgan fingerprint density at radius 2 is 2.00 bits per heavy atom. The normalized spacial score (nSPS) is 8.91. The lowest BCUT2D eigenvalue weighted by Gasteiger charge is -2.04. The van der Waals surface area contributed by atoms with Crippen molar-refractivity contribution in [3.8, 4) is 0 Å². The molecule has 0 heterocycles. The van der Waals surface area contributed by atoms with Crippen molar-refractivity contribution in [1.29, 1.82) is 0 Å². The minimum absolute atomic E-state index is 0.386. The summed E-state index contributed by atoms with van der Waals surface area (Å²) >= 11 is 0. The van der Waals surface area contributed by atoms with Gasteiger partial charge in [0.25, 0.3) is 0 Å². The average molecular weight is 154 g/mol. The maximum absolute atomic E-state index is 10.8. The Bertz CT molecular complexity index is 180. The molecule has 0 rings (SSSR count). The lowest BCUT2D eigenvalue weighted by Crippen LogP contribution is -2.03. The Balaban J connectivity index is 3.76. The predicted molar refractivity (Wildman–Crippen MR) is 45.0 cm³/mol. The molecule has 0 aromatic rings. The van der Waals surface area contributed by atoms with Crippen molar-refractivity contribution >= 4 is 5.97 Å². The van der Waals surface area contributed by atoms with E-state index in [1.54, 1.807) is 6.92 Å². The van der Waals surface area contributed by atoms with Crippen LogP contribution in [0.3, 0.4) is 0 Å². The van der Waals surface area contributed by atoms with E-state index in [9.17, 15) is 4.79 Å². The van der Waals surface area contributed by atoms with Crippen molar-refractivity contribution in [3.63, 3.8) is 0 Å². The van der Waals surface area contributed by atoms with Gasteiger partial charge in [-0.15, -0.1) is 0 Å². The molecule has 0 amide bonds. The highest BCUT2D eigenvalue weighted by Gasteiger charge is 2.04. The quantitative estimate of drug-likeness (QED) is 0.353. The van der Waals surface area contributed by atoms with E-state index in [2.05, 4.69) is 13.2 Å². The van der Waals surface area contributed by atoms with E-state index in [1.807, 2.05) is 6.92 Å². The fraction of sp³-hybridized carbons (Fsp3) is 0.444. The topological polar surface area (TPSA) is 26.3 Å². The fourth-order valence-corrected chi connectivity index (χ4v) is 0.548. The van der Waals surface area contributed by atoms with Crippen LogP contribution in [0, 0.1) is 0 Å². The standard InChI is InChI=1S/C9H14O2/c1-5-6-8(4)11-9(10)7(2)3/h2,4-6H2,1,3H3. The zero-order valence-corrected chi connectivity index (χ0v) is 7.14. The van der Waals surface area contributed by atoms with E-state index >= 15 is 0 Å². The van der Waals surface area contributed by atoms with Crippen LogP contribution in [0.25, 0.3) is 0 Å². The molecule has 2 heteroatoms. The summed E-state index contributed by atoms with van der Waals surface area (Å²) in [7, 11) is 0. The number of allylic oxidation sites excluding steroid dienone is 1. The van der Waals surface area contributed by atoms with Gasteiger partial charge in [0.1, 0.15) is 5.76 Å². The SMILES string of the molecule is C=C(CCC)OC(=O)C(=C)C. The zero-order chi connectivity index (χ0) is 8.85. The van der Waals surface area contributed by atoms with Gasteiger partial charge < -0.3 is 4.74 Å². The maximum atomic E-state index is 10.8. The Kier molecular flexibility index (Phi) is 4.27. The van der Waals surface area contributed by atoms with E-state index in [-0.39, 0.29) is 5.97 Å². The third-order valence-electron chi connectivity index (χ3n) is 1.11. The van der Waals surface area contributed by atoms with Crippen LogP contribution in [-0.2, 0) is 9.53 Å². The van der Waals surface area contributed by atoms with Crippen molar-refractivity contribution < 1.29 is 9.53 Å². The molecule has 0 aromatic heterocycles. The van der Waals surface area contributed by atoms with Gasteiger partial charge in [-0.25, -0.2) is 4.79 Å². The van der Waals surface area contributed by atoms with Gasteiger partial charge >= 0.3 is 5.97 Å². The molecule has 0 N–H and O–H groups in total. The number of carbonyl (C=O) groups excluding carboxylic acids is 1. The molecule has 0 unspecified atom stereocenters. The van der Waals surface area contributed by atoms with Crippen molar-refractivity contribution in [2.75, 3.05) is 0 Å². The first kappa shape index (κ1) is 9.95. The van der Waals surface area contributed by atoms with Crippen LogP contribution in [-0.4, -0.2) is 5.97 Å². The molecule has 0 aliphatic heterocycles. The zero-order valence-electron chi connectivity index (χ0n) is 7.14. The van der Waals surface area contributed by atoms with Crippen molar-refractivity contribution in [3.05, 3.63) is 24.5 Å². The second kappa shape index (κ2) is 4.72. The summed E-state index contributed by atoms with van der Waals surface area (Å²) < 4.78 is 4.82. The van der Waals surface area contributed by atoms with Crippen LogP contribution >= 0.6 is 0 Å². The monoisotopic (exact) mass is 154 g/mol. The largest absolute Gasteiger partial charge is 0.428 e. The molecule has 0 saturated heterocycles. The van der Waals surface area contributed by atoms with Gasteiger partial charge in [-0.3, -0.25) is 0 Å². The number of esters is 1. The molecule has 0 spiro atoms. The van der Waals surface area contributed by atoms with Gasteiger partial charge in [-0.1, -0.05) is 20.1 Å². The molecular formula is C9H14O2. The average Bonchev–Trinajstić information content (AvgIpc) is 1.87. The highest BCUT2D eigenvalue weighted by atomic mass is 16.5. The third kappa shape index (κ3) is 4.37.